The van der Waals surface area contributed by atoms with Crippen molar-refractivity contribution >= 4 is 0 Å². The molecule has 1 saturated heterocycles. The number of hydrogen-bond donors (Lipinski definition) is 1. The predicted molar refractivity (Wildman–Crippen MR) is 62.7 cm³/mol. The zero-order valence-electron chi connectivity index (χ0n) is 9.51. The minimum absolute atomic E-state index is 0.104. The molecule has 2 unspecified atom stereocenters. The summed E-state index contributed by atoms with van der Waals surface area (Å²) < 4.78 is 13.1. The molecule has 1 aromatic carbocycles. The molecule has 1 heterocycles. The normalized spacial score (nSPS) is 32.9. The summed E-state index contributed by atoms with van der Waals surface area (Å²) in [6, 6.07) is 7.10. The maximum atomic E-state index is 13.1. The molecule has 2 bridgehead atoms. The van der Waals surface area contributed by atoms with Crippen LogP contribution < -0.4 is 5.32 Å². The number of nitrogens with one attached hydrogen (secondary N) is 1. The van der Waals surface area contributed by atoms with E-state index in [9.17, 15) is 4.39 Å². The molecule has 1 aromatic rings. The van der Waals surface area contributed by atoms with E-state index in [4.69, 9.17) is 0 Å². The van der Waals surface area contributed by atoms with Gasteiger partial charge in [-0.2, -0.15) is 0 Å². The lowest BCUT2D eigenvalue weighted by molar-refractivity contribution is 0.229. The van der Waals surface area contributed by atoms with Crippen LogP contribution in [0.25, 0.3) is 0 Å². The fraction of sp³-hybridized carbons (Fsp3) is 0.571. The molecular formula is C14H18FN. The van der Waals surface area contributed by atoms with Gasteiger partial charge in [0.2, 0.25) is 0 Å². The SMILES string of the molecule is Fc1cccc(CC23CCC(CNC2)C3)c1. The summed E-state index contributed by atoms with van der Waals surface area (Å²) in [6.45, 7) is 2.30. The second-order valence-electron chi connectivity index (χ2n) is 5.55. The first-order valence-corrected chi connectivity index (χ1v) is 6.21. The molecule has 3 rings (SSSR count). The molecule has 1 N–H and O–H groups in total. The molecule has 1 aliphatic carbocycles. The van der Waals surface area contributed by atoms with Crippen LogP contribution in [0.2, 0.25) is 0 Å². The van der Waals surface area contributed by atoms with Gasteiger partial charge >= 0.3 is 0 Å². The highest BCUT2D eigenvalue weighted by Gasteiger charge is 2.41. The maximum Gasteiger partial charge on any atom is 0.123 e. The summed E-state index contributed by atoms with van der Waals surface area (Å²) in [4.78, 5) is 0. The van der Waals surface area contributed by atoms with Crippen LogP contribution in [0.15, 0.2) is 24.3 Å². The van der Waals surface area contributed by atoms with E-state index < -0.39 is 0 Å². The predicted octanol–water partition coefficient (Wildman–Crippen LogP) is 2.76. The molecule has 0 spiro atoms. The summed E-state index contributed by atoms with van der Waals surface area (Å²) in [5.41, 5.74) is 1.57. The summed E-state index contributed by atoms with van der Waals surface area (Å²) >= 11 is 0. The molecule has 2 heteroatoms. The lowest BCUT2D eigenvalue weighted by Crippen LogP contribution is -2.40. The summed E-state index contributed by atoms with van der Waals surface area (Å²) in [6.07, 6.45) is 5.02. The largest absolute Gasteiger partial charge is 0.316 e. The van der Waals surface area contributed by atoms with Crippen LogP contribution >= 0.6 is 0 Å². The van der Waals surface area contributed by atoms with Crippen molar-refractivity contribution in [2.75, 3.05) is 13.1 Å². The van der Waals surface area contributed by atoms with Gasteiger partial charge in [-0.05, 0) is 61.3 Å². The average Bonchev–Trinajstić information content (AvgIpc) is 2.54. The third-order valence-corrected chi connectivity index (χ3v) is 4.21. The highest BCUT2D eigenvalue weighted by molar-refractivity contribution is 5.19. The lowest BCUT2D eigenvalue weighted by Gasteiger charge is -2.34. The van der Waals surface area contributed by atoms with Gasteiger partial charge in [0.25, 0.3) is 0 Å². The minimum atomic E-state index is -0.104. The van der Waals surface area contributed by atoms with E-state index in [0.717, 1.165) is 24.4 Å². The Morgan fingerprint density at radius 2 is 2.38 bits per heavy atom. The van der Waals surface area contributed by atoms with Crippen molar-refractivity contribution < 1.29 is 4.39 Å². The molecular weight excluding hydrogens is 201 g/mol. The van der Waals surface area contributed by atoms with Crippen LogP contribution in [0.3, 0.4) is 0 Å². The number of fused-ring (bicyclic) bond motifs is 2. The maximum absolute atomic E-state index is 13.1. The second-order valence-corrected chi connectivity index (χ2v) is 5.55. The first-order chi connectivity index (χ1) is 7.76. The number of benzene rings is 1. The van der Waals surface area contributed by atoms with Gasteiger partial charge in [0.15, 0.2) is 0 Å². The molecule has 1 saturated carbocycles. The molecule has 2 aliphatic rings. The fourth-order valence-electron chi connectivity index (χ4n) is 3.51. The van der Waals surface area contributed by atoms with E-state index in [1.165, 1.54) is 31.9 Å². The summed E-state index contributed by atoms with van der Waals surface area (Å²) in [5.74, 6) is 0.759. The third-order valence-electron chi connectivity index (χ3n) is 4.21. The lowest BCUT2D eigenvalue weighted by atomic mass is 9.77. The number of halogens is 1. The van der Waals surface area contributed by atoms with E-state index in [1.54, 1.807) is 6.07 Å². The topological polar surface area (TPSA) is 12.0 Å². The van der Waals surface area contributed by atoms with E-state index in [0.29, 0.717) is 5.41 Å². The zero-order valence-corrected chi connectivity index (χ0v) is 9.51. The van der Waals surface area contributed by atoms with Crippen LogP contribution in [-0.4, -0.2) is 13.1 Å². The molecule has 1 nitrogen and oxygen atoms in total. The number of piperidine rings is 1. The van der Waals surface area contributed by atoms with E-state index in [2.05, 4.69) is 11.4 Å². The van der Waals surface area contributed by atoms with Crippen molar-refractivity contribution in [1.82, 2.24) is 5.32 Å². The first kappa shape index (κ1) is 10.3. The Morgan fingerprint density at radius 1 is 1.44 bits per heavy atom. The fourth-order valence-corrected chi connectivity index (χ4v) is 3.51. The summed E-state index contributed by atoms with van der Waals surface area (Å²) in [7, 11) is 0. The minimum Gasteiger partial charge on any atom is -0.316 e. The van der Waals surface area contributed by atoms with Gasteiger partial charge in [-0.25, -0.2) is 4.39 Å². The quantitative estimate of drug-likeness (QED) is 0.806. The van der Waals surface area contributed by atoms with Crippen molar-refractivity contribution in [3.8, 4) is 0 Å². The monoisotopic (exact) mass is 219 g/mol. The second kappa shape index (κ2) is 3.85. The van der Waals surface area contributed by atoms with Crippen LogP contribution in [0.5, 0.6) is 0 Å². The Balaban J connectivity index is 1.79. The van der Waals surface area contributed by atoms with Gasteiger partial charge in [0.05, 0.1) is 0 Å². The van der Waals surface area contributed by atoms with Gasteiger partial charge in [0, 0.05) is 6.54 Å². The van der Waals surface area contributed by atoms with Crippen LogP contribution in [0.1, 0.15) is 24.8 Å². The van der Waals surface area contributed by atoms with Crippen molar-refractivity contribution in [3.63, 3.8) is 0 Å². The highest BCUT2D eigenvalue weighted by atomic mass is 19.1. The average molecular weight is 219 g/mol. The molecule has 16 heavy (non-hydrogen) atoms. The number of rotatable bonds is 2. The highest BCUT2D eigenvalue weighted by Crippen LogP contribution is 2.45. The Morgan fingerprint density at radius 3 is 3.25 bits per heavy atom. The van der Waals surface area contributed by atoms with Gasteiger partial charge in [-0.3, -0.25) is 0 Å². The number of hydrogen-bond acceptors (Lipinski definition) is 1. The molecule has 0 radical (unpaired) electrons. The van der Waals surface area contributed by atoms with E-state index in [1.807, 2.05) is 6.07 Å². The zero-order chi connectivity index (χ0) is 11.0. The van der Waals surface area contributed by atoms with Gasteiger partial charge < -0.3 is 5.32 Å². The van der Waals surface area contributed by atoms with Crippen molar-refractivity contribution in [2.24, 2.45) is 11.3 Å². The molecule has 1 aliphatic heterocycles. The molecule has 86 valence electrons. The Labute approximate surface area is 96.1 Å². The standard InChI is InChI=1S/C14H18FN/c15-13-3-1-2-11(6-13)7-14-5-4-12(8-14)9-16-10-14/h1-3,6,12,16H,4-5,7-10H2. The van der Waals surface area contributed by atoms with Crippen molar-refractivity contribution in [3.05, 3.63) is 35.6 Å². The molecule has 0 amide bonds. The Bertz CT molecular complexity index is 386. The van der Waals surface area contributed by atoms with Crippen LogP contribution in [-0.2, 0) is 6.42 Å². The van der Waals surface area contributed by atoms with Crippen LogP contribution in [0.4, 0.5) is 4.39 Å². The van der Waals surface area contributed by atoms with E-state index in [-0.39, 0.29) is 5.82 Å². The van der Waals surface area contributed by atoms with Gasteiger partial charge in [-0.1, -0.05) is 12.1 Å². The Hall–Kier alpha value is -0.890. The van der Waals surface area contributed by atoms with Crippen molar-refractivity contribution in [1.29, 1.82) is 0 Å². The first-order valence-electron chi connectivity index (χ1n) is 6.21. The molecule has 2 fully saturated rings. The van der Waals surface area contributed by atoms with Crippen LogP contribution in [0, 0.1) is 17.2 Å². The third kappa shape index (κ3) is 1.86. The van der Waals surface area contributed by atoms with Crippen molar-refractivity contribution in [2.45, 2.75) is 25.7 Å². The van der Waals surface area contributed by atoms with Gasteiger partial charge in [-0.15, -0.1) is 0 Å². The molecule has 2 atom stereocenters. The van der Waals surface area contributed by atoms with Gasteiger partial charge in [0.1, 0.15) is 5.82 Å². The van der Waals surface area contributed by atoms with E-state index >= 15 is 0 Å². The molecule has 0 aromatic heterocycles. The smallest absolute Gasteiger partial charge is 0.123 e. The summed E-state index contributed by atoms with van der Waals surface area (Å²) in [5, 5.41) is 3.53. The Kier molecular flexibility index (Phi) is 2.47.